The Bertz CT molecular complexity index is 719. The van der Waals surface area contributed by atoms with Crippen molar-refractivity contribution in [3.63, 3.8) is 0 Å². The van der Waals surface area contributed by atoms with Gasteiger partial charge in [0.05, 0.1) is 24.2 Å². The first kappa shape index (κ1) is 16.4. The molecule has 2 heterocycles. The summed E-state index contributed by atoms with van der Waals surface area (Å²) in [5.74, 6) is -0.244. The second-order valence-corrected chi connectivity index (χ2v) is 7.78. The van der Waals surface area contributed by atoms with Crippen LogP contribution < -0.4 is 5.32 Å². The standard InChI is InChI=1S/C15H20N2O5S/c1-10-9-22-12(8-18)7-17(10)23(20,21)13-3-2-11-4-5-16-15(19)14(11)6-13/h2-3,6,10,12,18H,4-5,7-9H2,1H3,(H,16,19)/t10-,12-/m1/s1. The quantitative estimate of drug-likeness (QED) is 0.791. The van der Waals surface area contributed by atoms with Gasteiger partial charge in [-0.05, 0) is 31.0 Å². The molecular weight excluding hydrogens is 320 g/mol. The van der Waals surface area contributed by atoms with E-state index < -0.39 is 16.1 Å². The van der Waals surface area contributed by atoms with Gasteiger partial charge in [0, 0.05) is 24.7 Å². The van der Waals surface area contributed by atoms with Crippen molar-refractivity contribution in [2.45, 2.75) is 30.4 Å². The van der Waals surface area contributed by atoms with E-state index in [9.17, 15) is 18.3 Å². The van der Waals surface area contributed by atoms with Gasteiger partial charge in [-0.2, -0.15) is 4.31 Å². The molecule has 7 nitrogen and oxygen atoms in total. The topological polar surface area (TPSA) is 95.9 Å². The van der Waals surface area contributed by atoms with Crippen molar-refractivity contribution >= 4 is 15.9 Å². The normalized spacial score (nSPS) is 25.7. The Morgan fingerprint density at radius 2 is 2.22 bits per heavy atom. The number of carbonyl (C=O) groups excluding carboxylic acids is 1. The zero-order chi connectivity index (χ0) is 16.6. The lowest BCUT2D eigenvalue weighted by Gasteiger charge is -2.36. The monoisotopic (exact) mass is 340 g/mol. The van der Waals surface area contributed by atoms with Crippen LogP contribution in [0.2, 0.25) is 0 Å². The SMILES string of the molecule is C[C@@H]1CO[C@@H](CO)CN1S(=O)(=O)c1ccc2c(c1)C(=O)NCC2. The minimum Gasteiger partial charge on any atom is -0.394 e. The van der Waals surface area contributed by atoms with Crippen molar-refractivity contribution < 1.29 is 23.1 Å². The van der Waals surface area contributed by atoms with E-state index in [1.807, 2.05) is 0 Å². The van der Waals surface area contributed by atoms with Gasteiger partial charge in [0.2, 0.25) is 10.0 Å². The predicted molar refractivity (Wildman–Crippen MR) is 82.7 cm³/mol. The number of sulfonamides is 1. The molecule has 0 bridgehead atoms. The van der Waals surface area contributed by atoms with Crippen molar-refractivity contribution in [3.8, 4) is 0 Å². The van der Waals surface area contributed by atoms with Crippen LogP contribution in [-0.4, -0.2) is 62.2 Å². The Morgan fingerprint density at radius 1 is 1.43 bits per heavy atom. The highest BCUT2D eigenvalue weighted by molar-refractivity contribution is 7.89. The summed E-state index contributed by atoms with van der Waals surface area (Å²) in [5, 5.41) is 11.9. The summed E-state index contributed by atoms with van der Waals surface area (Å²) in [4.78, 5) is 12.0. The summed E-state index contributed by atoms with van der Waals surface area (Å²) in [6, 6.07) is 4.36. The Hall–Kier alpha value is -1.48. The van der Waals surface area contributed by atoms with Gasteiger partial charge in [0.1, 0.15) is 0 Å². The maximum atomic E-state index is 12.9. The Labute approximate surface area is 135 Å². The van der Waals surface area contributed by atoms with Crippen LogP contribution in [-0.2, 0) is 21.2 Å². The number of nitrogens with zero attached hydrogens (tertiary/aromatic N) is 1. The lowest BCUT2D eigenvalue weighted by Crippen LogP contribution is -2.51. The molecule has 126 valence electrons. The van der Waals surface area contributed by atoms with Crippen LogP contribution in [0.3, 0.4) is 0 Å². The first-order chi connectivity index (χ1) is 10.9. The minimum atomic E-state index is -3.75. The molecule has 1 fully saturated rings. The molecule has 0 radical (unpaired) electrons. The van der Waals surface area contributed by atoms with E-state index in [1.165, 1.54) is 10.4 Å². The van der Waals surface area contributed by atoms with Crippen molar-refractivity contribution in [3.05, 3.63) is 29.3 Å². The van der Waals surface area contributed by atoms with Gasteiger partial charge in [-0.25, -0.2) is 8.42 Å². The highest BCUT2D eigenvalue weighted by atomic mass is 32.2. The molecule has 2 aliphatic heterocycles. The van der Waals surface area contributed by atoms with Gasteiger partial charge in [0.25, 0.3) is 5.91 Å². The third kappa shape index (κ3) is 2.99. The fourth-order valence-corrected chi connectivity index (χ4v) is 4.60. The van der Waals surface area contributed by atoms with Crippen molar-refractivity contribution in [1.82, 2.24) is 9.62 Å². The van der Waals surface area contributed by atoms with Crippen molar-refractivity contribution in [2.75, 3.05) is 26.3 Å². The molecule has 1 aromatic rings. The molecule has 0 aliphatic carbocycles. The summed E-state index contributed by atoms with van der Waals surface area (Å²) < 4.78 is 32.5. The molecule has 0 saturated carbocycles. The number of amides is 1. The fraction of sp³-hybridized carbons (Fsp3) is 0.533. The smallest absolute Gasteiger partial charge is 0.251 e. The van der Waals surface area contributed by atoms with E-state index in [0.717, 1.165) is 5.56 Å². The molecule has 23 heavy (non-hydrogen) atoms. The molecule has 8 heteroatoms. The number of morpholine rings is 1. The summed E-state index contributed by atoms with van der Waals surface area (Å²) in [6.45, 7) is 2.43. The second kappa shape index (κ2) is 6.20. The van der Waals surface area contributed by atoms with Crippen LogP contribution in [0.4, 0.5) is 0 Å². The molecule has 1 aromatic carbocycles. The summed E-state index contributed by atoms with van der Waals surface area (Å²) in [7, 11) is -3.75. The van der Waals surface area contributed by atoms with Crippen LogP contribution in [0.5, 0.6) is 0 Å². The number of aliphatic hydroxyl groups excluding tert-OH is 1. The summed E-state index contributed by atoms with van der Waals surface area (Å²) in [6.07, 6.45) is 0.170. The van der Waals surface area contributed by atoms with Crippen molar-refractivity contribution in [1.29, 1.82) is 0 Å². The zero-order valence-electron chi connectivity index (χ0n) is 12.9. The van der Waals surface area contributed by atoms with Crippen LogP contribution in [0, 0.1) is 0 Å². The molecule has 2 aliphatic rings. The van der Waals surface area contributed by atoms with E-state index in [0.29, 0.717) is 18.5 Å². The number of ether oxygens (including phenoxy) is 1. The minimum absolute atomic E-state index is 0.0961. The fourth-order valence-electron chi connectivity index (χ4n) is 2.92. The average Bonchev–Trinajstić information content (AvgIpc) is 2.55. The molecule has 1 saturated heterocycles. The lowest BCUT2D eigenvalue weighted by atomic mass is 10.0. The maximum Gasteiger partial charge on any atom is 0.251 e. The third-order valence-corrected chi connectivity index (χ3v) is 6.24. The highest BCUT2D eigenvalue weighted by Gasteiger charge is 2.36. The van der Waals surface area contributed by atoms with Crippen LogP contribution in [0.1, 0.15) is 22.8 Å². The largest absolute Gasteiger partial charge is 0.394 e. The van der Waals surface area contributed by atoms with Gasteiger partial charge >= 0.3 is 0 Å². The molecule has 2 N–H and O–H groups in total. The van der Waals surface area contributed by atoms with Gasteiger partial charge < -0.3 is 15.2 Å². The van der Waals surface area contributed by atoms with Gasteiger partial charge in [-0.3, -0.25) is 4.79 Å². The summed E-state index contributed by atoms with van der Waals surface area (Å²) in [5.41, 5.74) is 1.27. The first-order valence-corrected chi connectivity index (χ1v) is 9.03. The Kier molecular flexibility index (Phi) is 4.41. The number of nitrogens with one attached hydrogen (secondary N) is 1. The highest BCUT2D eigenvalue weighted by Crippen LogP contribution is 2.25. The van der Waals surface area contributed by atoms with Crippen LogP contribution >= 0.6 is 0 Å². The van der Waals surface area contributed by atoms with Crippen molar-refractivity contribution in [2.24, 2.45) is 0 Å². The Balaban J connectivity index is 1.96. The first-order valence-electron chi connectivity index (χ1n) is 7.59. The predicted octanol–water partition coefficient (Wildman–Crippen LogP) is -0.257. The van der Waals surface area contributed by atoms with Crippen LogP contribution in [0.15, 0.2) is 23.1 Å². The molecule has 0 spiro atoms. The molecule has 2 atom stereocenters. The van der Waals surface area contributed by atoms with Gasteiger partial charge in [0.15, 0.2) is 0 Å². The van der Waals surface area contributed by atoms with Gasteiger partial charge in [-0.1, -0.05) is 6.07 Å². The molecule has 1 amide bonds. The van der Waals surface area contributed by atoms with E-state index in [4.69, 9.17) is 4.74 Å². The number of aliphatic hydroxyl groups is 1. The van der Waals surface area contributed by atoms with E-state index in [1.54, 1.807) is 19.1 Å². The molecule has 0 unspecified atom stereocenters. The number of hydrogen-bond acceptors (Lipinski definition) is 5. The van der Waals surface area contributed by atoms with Crippen LogP contribution in [0.25, 0.3) is 0 Å². The van der Waals surface area contributed by atoms with E-state index >= 15 is 0 Å². The average molecular weight is 340 g/mol. The summed E-state index contributed by atoms with van der Waals surface area (Å²) >= 11 is 0. The van der Waals surface area contributed by atoms with Gasteiger partial charge in [-0.15, -0.1) is 0 Å². The number of rotatable bonds is 3. The van der Waals surface area contributed by atoms with E-state index in [-0.39, 0.29) is 36.6 Å². The maximum absolute atomic E-state index is 12.9. The Morgan fingerprint density at radius 3 is 2.96 bits per heavy atom. The lowest BCUT2D eigenvalue weighted by molar-refractivity contribution is -0.0516. The number of carbonyl (C=O) groups is 1. The molecule has 3 rings (SSSR count). The number of benzene rings is 1. The molecular formula is C15H20N2O5S. The zero-order valence-corrected chi connectivity index (χ0v) is 13.7. The number of fused-ring (bicyclic) bond motifs is 1. The molecule has 0 aromatic heterocycles. The second-order valence-electron chi connectivity index (χ2n) is 5.89. The number of hydrogen-bond donors (Lipinski definition) is 2. The van der Waals surface area contributed by atoms with E-state index in [2.05, 4.69) is 5.32 Å². The third-order valence-electron chi connectivity index (χ3n) is 4.26.